The summed E-state index contributed by atoms with van der Waals surface area (Å²) in [5.41, 5.74) is -0.644. The van der Waals surface area contributed by atoms with Crippen LogP contribution in [0.3, 0.4) is 0 Å². The van der Waals surface area contributed by atoms with Gasteiger partial charge in [0.05, 0.1) is 13.2 Å². The van der Waals surface area contributed by atoms with Crippen LogP contribution in [0.4, 0.5) is 4.79 Å². The number of rotatable bonds is 2. The molecule has 0 saturated carbocycles. The molecule has 1 N–H and O–H groups in total. The highest BCUT2D eigenvalue weighted by Crippen LogP contribution is 2.22. The summed E-state index contributed by atoms with van der Waals surface area (Å²) in [7, 11) is 0. The summed E-state index contributed by atoms with van der Waals surface area (Å²) < 4.78 is 10.7. The lowest BCUT2D eigenvalue weighted by atomic mass is 9.97. The summed E-state index contributed by atoms with van der Waals surface area (Å²) >= 11 is 0. The minimum atomic E-state index is -1.01. The van der Waals surface area contributed by atoms with Gasteiger partial charge in [-0.2, -0.15) is 0 Å². The lowest BCUT2D eigenvalue weighted by Gasteiger charge is -2.32. The van der Waals surface area contributed by atoms with E-state index in [2.05, 4.69) is 0 Å². The molecular formula is C13H23NO5. The molecule has 6 nitrogen and oxygen atoms in total. The first-order valence-corrected chi connectivity index (χ1v) is 6.56. The van der Waals surface area contributed by atoms with Crippen LogP contribution in [0, 0.1) is 5.92 Å². The number of nitrogens with zero attached hydrogens (tertiary/aromatic N) is 1. The lowest BCUT2D eigenvalue weighted by Crippen LogP contribution is -2.51. The van der Waals surface area contributed by atoms with E-state index >= 15 is 0 Å². The zero-order valence-electron chi connectivity index (χ0n) is 12.0. The van der Waals surface area contributed by atoms with Crippen molar-refractivity contribution in [2.45, 2.75) is 45.8 Å². The number of carbonyl (C=O) groups is 2. The summed E-state index contributed by atoms with van der Waals surface area (Å²) in [4.78, 5) is 24.9. The molecule has 0 aromatic heterocycles. The summed E-state index contributed by atoms with van der Waals surface area (Å²) in [5, 5.41) is 9.38. The fourth-order valence-electron chi connectivity index (χ4n) is 2.08. The third kappa shape index (κ3) is 4.38. The van der Waals surface area contributed by atoms with E-state index in [1.807, 2.05) is 6.92 Å². The molecule has 1 rings (SSSR count). The molecule has 0 radical (unpaired) electrons. The largest absolute Gasteiger partial charge is 0.480 e. The maximum Gasteiger partial charge on any atom is 0.411 e. The van der Waals surface area contributed by atoms with Gasteiger partial charge >= 0.3 is 12.1 Å². The summed E-state index contributed by atoms with van der Waals surface area (Å²) in [6.07, 6.45) is 0.0415. The molecule has 0 aliphatic carbocycles. The maximum atomic E-state index is 12.1. The van der Waals surface area contributed by atoms with Gasteiger partial charge in [0.15, 0.2) is 0 Å². The smallest absolute Gasteiger partial charge is 0.411 e. The zero-order chi connectivity index (χ0) is 14.6. The highest BCUT2D eigenvalue weighted by Gasteiger charge is 2.39. The molecule has 2 atom stereocenters. The number of amides is 1. The number of hydrogen-bond acceptors (Lipinski definition) is 4. The third-order valence-corrected chi connectivity index (χ3v) is 3.00. The van der Waals surface area contributed by atoms with Crippen LogP contribution in [-0.2, 0) is 14.3 Å². The van der Waals surface area contributed by atoms with Crippen LogP contribution in [0.1, 0.15) is 34.1 Å². The van der Waals surface area contributed by atoms with Crippen molar-refractivity contribution in [2.24, 2.45) is 5.92 Å². The van der Waals surface area contributed by atoms with Crippen LogP contribution >= 0.6 is 0 Å². The van der Waals surface area contributed by atoms with Gasteiger partial charge in [-0.3, -0.25) is 4.90 Å². The summed E-state index contributed by atoms with van der Waals surface area (Å²) in [6.45, 7) is 8.09. The Morgan fingerprint density at radius 1 is 1.42 bits per heavy atom. The van der Waals surface area contributed by atoms with Crippen molar-refractivity contribution in [3.05, 3.63) is 0 Å². The average molecular weight is 273 g/mol. The fourth-order valence-corrected chi connectivity index (χ4v) is 2.08. The van der Waals surface area contributed by atoms with Gasteiger partial charge < -0.3 is 14.6 Å². The number of aliphatic carboxylic acids is 1. The number of hydrogen-bond donors (Lipinski definition) is 1. The Kier molecular flexibility index (Phi) is 5.17. The number of carbonyl (C=O) groups excluding carboxylic acids is 1. The number of carboxylic acids is 1. The van der Waals surface area contributed by atoms with E-state index in [0.29, 0.717) is 19.6 Å². The Hall–Kier alpha value is -1.30. The predicted molar refractivity (Wildman–Crippen MR) is 69.0 cm³/mol. The Bertz CT molecular complexity index is 336. The van der Waals surface area contributed by atoms with E-state index in [-0.39, 0.29) is 12.5 Å². The van der Waals surface area contributed by atoms with Crippen LogP contribution < -0.4 is 0 Å². The molecule has 1 amide bonds. The maximum absolute atomic E-state index is 12.1. The Morgan fingerprint density at radius 3 is 2.53 bits per heavy atom. The molecule has 0 spiro atoms. The SMILES string of the molecule is CCC1COCCN(C(=O)OC(C)(C)C)C1C(=O)O. The molecule has 0 aromatic rings. The van der Waals surface area contributed by atoms with Crippen molar-refractivity contribution in [3.8, 4) is 0 Å². The van der Waals surface area contributed by atoms with E-state index in [9.17, 15) is 14.7 Å². The van der Waals surface area contributed by atoms with Crippen molar-refractivity contribution in [1.82, 2.24) is 4.90 Å². The van der Waals surface area contributed by atoms with Crippen molar-refractivity contribution >= 4 is 12.1 Å². The van der Waals surface area contributed by atoms with E-state index in [0.717, 1.165) is 0 Å². The third-order valence-electron chi connectivity index (χ3n) is 3.00. The Labute approximate surface area is 113 Å². The Balaban J connectivity index is 2.92. The Morgan fingerprint density at radius 2 is 2.05 bits per heavy atom. The van der Waals surface area contributed by atoms with Gasteiger partial charge in [0.1, 0.15) is 11.6 Å². The minimum absolute atomic E-state index is 0.215. The van der Waals surface area contributed by atoms with Crippen molar-refractivity contribution in [2.75, 3.05) is 19.8 Å². The normalized spacial score (nSPS) is 24.7. The van der Waals surface area contributed by atoms with Crippen LogP contribution in [0.25, 0.3) is 0 Å². The van der Waals surface area contributed by atoms with E-state index < -0.39 is 23.7 Å². The monoisotopic (exact) mass is 273 g/mol. The molecular weight excluding hydrogens is 250 g/mol. The topological polar surface area (TPSA) is 76.1 Å². The van der Waals surface area contributed by atoms with Crippen LogP contribution in [0.5, 0.6) is 0 Å². The van der Waals surface area contributed by atoms with Gasteiger partial charge in [-0.15, -0.1) is 0 Å². The summed E-state index contributed by atoms with van der Waals surface area (Å²) in [5.74, 6) is -1.23. The molecule has 0 bridgehead atoms. The van der Waals surface area contributed by atoms with Gasteiger partial charge in [-0.1, -0.05) is 6.92 Å². The molecule has 1 heterocycles. The van der Waals surface area contributed by atoms with Crippen LogP contribution in [0.2, 0.25) is 0 Å². The quantitative estimate of drug-likeness (QED) is 0.829. The number of ether oxygens (including phenoxy) is 2. The first kappa shape index (κ1) is 15.8. The summed E-state index contributed by atoms with van der Waals surface area (Å²) in [6, 6.07) is -0.887. The van der Waals surface area contributed by atoms with E-state index in [4.69, 9.17) is 9.47 Å². The minimum Gasteiger partial charge on any atom is -0.480 e. The van der Waals surface area contributed by atoms with Crippen molar-refractivity contribution in [3.63, 3.8) is 0 Å². The second-order valence-corrected chi connectivity index (χ2v) is 5.70. The molecule has 1 saturated heterocycles. The van der Waals surface area contributed by atoms with Crippen molar-refractivity contribution < 1.29 is 24.2 Å². The van der Waals surface area contributed by atoms with Crippen LogP contribution in [0.15, 0.2) is 0 Å². The number of carboxylic acid groups (broad SMARTS) is 1. The second kappa shape index (κ2) is 6.23. The van der Waals surface area contributed by atoms with Gasteiger partial charge in [0.25, 0.3) is 0 Å². The molecule has 1 aliphatic rings. The first-order chi connectivity index (χ1) is 8.76. The highest BCUT2D eigenvalue weighted by atomic mass is 16.6. The second-order valence-electron chi connectivity index (χ2n) is 5.70. The molecule has 110 valence electrons. The molecule has 6 heteroatoms. The van der Waals surface area contributed by atoms with E-state index in [1.54, 1.807) is 20.8 Å². The fraction of sp³-hybridized carbons (Fsp3) is 0.846. The predicted octanol–water partition coefficient (Wildman–Crippen LogP) is 1.73. The molecule has 19 heavy (non-hydrogen) atoms. The van der Waals surface area contributed by atoms with E-state index in [1.165, 1.54) is 4.90 Å². The van der Waals surface area contributed by atoms with Crippen LogP contribution in [-0.4, -0.2) is 53.5 Å². The van der Waals surface area contributed by atoms with Gasteiger partial charge in [-0.05, 0) is 27.2 Å². The lowest BCUT2D eigenvalue weighted by molar-refractivity contribution is -0.145. The first-order valence-electron chi connectivity index (χ1n) is 6.56. The molecule has 0 aromatic carbocycles. The molecule has 1 aliphatic heterocycles. The average Bonchev–Trinajstić information content (AvgIpc) is 2.47. The van der Waals surface area contributed by atoms with Gasteiger partial charge in [-0.25, -0.2) is 9.59 Å². The standard InChI is InChI=1S/C13H23NO5/c1-5-9-8-18-7-6-14(10(9)11(15)16)12(17)19-13(2,3)4/h9-10H,5-8H2,1-4H3,(H,15,16). The van der Waals surface area contributed by atoms with Crippen molar-refractivity contribution in [1.29, 1.82) is 0 Å². The zero-order valence-corrected chi connectivity index (χ0v) is 12.0. The molecule has 2 unspecified atom stereocenters. The van der Waals surface area contributed by atoms with Gasteiger partial charge in [0, 0.05) is 12.5 Å². The van der Waals surface area contributed by atoms with Gasteiger partial charge in [0.2, 0.25) is 0 Å². The molecule has 1 fully saturated rings. The highest BCUT2D eigenvalue weighted by molar-refractivity contribution is 5.80.